The number of hydrogen-bond acceptors (Lipinski definition) is 2. The number of aryl methyl sites for hydroxylation is 1. The molecule has 5 heteroatoms. The van der Waals surface area contributed by atoms with Gasteiger partial charge in [-0.15, -0.1) is 0 Å². The number of carbonyl (C=O) groups is 2. The first-order chi connectivity index (χ1) is 13.6. The van der Waals surface area contributed by atoms with E-state index in [1.165, 1.54) is 5.56 Å². The molecule has 2 aromatic rings. The van der Waals surface area contributed by atoms with Crippen LogP contribution in [0.2, 0.25) is 0 Å². The van der Waals surface area contributed by atoms with Crippen LogP contribution in [-0.2, 0) is 6.54 Å². The van der Waals surface area contributed by atoms with Gasteiger partial charge in [-0.1, -0.05) is 36.4 Å². The molecule has 1 atom stereocenters. The highest BCUT2D eigenvalue weighted by molar-refractivity contribution is 5.94. The predicted molar refractivity (Wildman–Crippen MR) is 111 cm³/mol. The molecule has 0 saturated carbocycles. The first-order valence-electron chi connectivity index (χ1n) is 10.0. The maximum Gasteiger partial charge on any atom is 0.317 e. The molecule has 0 radical (unpaired) electrons. The summed E-state index contributed by atoms with van der Waals surface area (Å²) < 4.78 is 0. The second kappa shape index (κ2) is 9.40. The average molecular weight is 380 g/mol. The molecule has 3 amide bonds. The highest BCUT2D eigenvalue weighted by Gasteiger charge is 2.24. The van der Waals surface area contributed by atoms with Crippen molar-refractivity contribution in [1.82, 2.24) is 15.5 Å². The Bertz CT molecular complexity index is 834. The van der Waals surface area contributed by atoms with E-state index in [-0.39, 0.29) is 17.9 Å². The van der Waals surface area contributed by atoms with Gasteiger partial charge >= 0.3 is 6.03 Å². The maximum atomic E-state index is 12.6. The SMILES string of the molecule is CCNC(=O)N1CCCC(c2cccc(C(=O)NCc3ccccc3C)c2)C1. The zero-order valence-electron chi connectivity index (χ0n) is 16.7. The number of benzene rings is 2. The Morgan fingerprint density at radius 1 is 1.11 bits per heavy atom. The lowest BCUT2D eigenvalue weighted by molar-refractivity contribution is 0.0950. The number of likely N-dealkylation sites (tertiary alicyclic amines) is 1. The highest BCUT2D eigenvalue weighted by atomic mass is 16.2. The minimum Gasteiger partial charge on any atom is -0.348 e. The number of rotatable bonds is 5. The largest absolute Gasteiger partial charge is 0.348 e. The minimum atomic E-state index is -0.0681. The van der Waals surface area contributed by atoms with Gasteiger partial charge in [-0.2, -0.15) is 0 Å². The lowest BCUT2D eigenvalue weighted by atomic mass is 9.89. The third-order valence-electron chi connectivity index (χ3n) is 5.36. The first-order valence-corrected chi connectivity index (χ1v) is 10.0. The van der Waals surface area contributed by atoms with Crippen LogP contribution < -0.4 is 10.6 Å². The third kappa shape index (κ3) is 4.91. The van der Waals surface area contributed by atoms with Gasteiger partial charge in [0, 0.05) is 37.7 Å². The minimum absolute atomic E-state index is 0.000622. The quantitative estimate of drug-likeness (QED) is 0.829. The molecule has 1 fully saturated rings. The van der Waals surface area contributed by atoms with E-state index in [1.54, 1.807) is 0 Å². The number of nitrogens with one attached hydrogen (secondary N) is 2. The fourth-order valence-corrected chi connectivity index (χ4v) is 3.72. The number of piperidine rings is 1. The van der Waals surface area contributed by atoms with Crippen LogP contribution in [0.1, 0.15) is 52.7 Å². The third-order valence-corrected chi connectivity index (χ3v) is 5.36. The van der Waals surface area contributed by atoms with Crippen molar-refractivity contribution in [3.63, 3.8) is 0 Å². The van der Waals surface area contributed by atoms with Crippen LogP contribution >= 0.6 is 0 Å². The Morgan fingerprint density at radius 2 is 1.93 bits per heavy atom. The molecule has 2 N–H and O–H groups in total. The highest BCUT2D eigenvalue weighted by Crippen LogP contribution is 2.27. The van der Waals surface area contributed by atoms with E-state index in [9.17, 15) is 9.59 Å². The summed E-state index contributed by atoms with van der Waals surface area (Å²) in [6.45, 7) is 6.61. The van der Waals surface area contributed by atoms with Crippen molar-refractivity contribution in [2.24, 2.45) is 0 Å². The van der Waals surface area contributed by atoms with E-state index in [1.807, 2.05) is 61.2 Å². The molecule has 28 heavy (non-hydrogen) atoms. The second-order valence-corrected chi connectivity index (χ2v) is 7.36. The molecule has 0 aliphatic carbocycles. The standard InChI is InChI=1S/C23H29N3O2/c1-3-24-23(28)26-13-7-12-21(16-26)18-10-6-11-19(14-18)22(27)25-15-20-9-5-4-8-17(20)2/h4-6,8-11,14,21H,3,7,12-13,15-16H2,1-2H3,(H,24,28)(H,25,27). The Hall–Kier alpha value is -2.82. The smallest absolute Gasteiger partial charge is 0.317 e. The number of urea groups is 1. The number of amides is 3. The Morgan fingerprint density at radius 3 is 2.71 bits per heavy atom. The fourth-order valence-electron chi connectivity index (χ4n) is 3.72. The van der Waals surface area contributed by atoms with Gasteiger partial charge in [0.05, 0.1) is 0 Å². The van der Waals surface area contributed by atoms with Crippen molar-refractivity contribution in [2.75, 3.05) is 19.6 Å². The first kappa shape index (κ1) is 19.9. The molecule has 1 unspecified atom stereocenters. The molecule has 5 nitrogen and oxygen atoms in total. The second-order valence-electron chi connectivity index (χ2n) is 7.36. The predicted octanol–water partition coefficient (Wildman–Crippen LogP) is 3.83. The van der Waals surface area contributed by atoms with Gasteiger partial charge in [0.15, 0.2) is 0 Å². The van der Waals surface area contributed by atoms with Gasteiger partial charge < -0.3 is 15.5 Å². The fraction of sp³-hybridized carbons (Fsp3) is 0.391. The average Bonchev–Trinajstić information content (AvgIpc) is 2.73. The molecule has 0 aromatic heterocycles. The van der Waals surface area contributed by atoms with Crippen LogP contribution in [0.5, 0.6) is 0 Å². The Kier molecular flexibility index (Phi) is 6.69. The normalized spacial score (nSPS) is 16.5. The van der Waals surface area contributed by atoms with Crippen LogP contribution in [0.3, 0.4) is 0 Å². The number of carbonyl (C=O) groups excluding carboxylic acids is 2. The van der Waals surface area contributed by atoms with E-state index < -0.39 is 0 Å². The van der Waals surface area contributed by atoms with Crippen LogP contribution in [-0.4, -0.2) is 36.5 Å². The molecular formula is C23H29N3O2. The van der Waals surface area contributed by atoms with Crippen molar-refractivity contribution in [3.8, 4) is 0 Å². The topological polar surface area (TPSA) is 61.4 Å². The summed E-state index contributed by atoms with van der Waals surface area (Å²) in [7, 11) is 0. The lowest BCUT2D eigenvalue weighted by Gasteiger charge is -2.33. The van der Waals surface area contributed by atoms with E-state index in [0.29, 0.717) is 25.2 Å². The molecule has 0 spiro atoms. The summed E-state index contributed by atoms with van der Waals surface area (Å²) in [6, 6.07) is 15.9. The van der Waals surface area contributed by atoms with Gasteiger partial charge in [0.25, 0.3) is 5.91 Å². The van der Waals surface area contributed by atoms with Crippen molar-refractivity contribution < 1.29 is 9.59 Å². The van der Waals surface area contributed by atoms with Crippen molar-refractivity contribution in [1.29, 1.82) is 0 Å². The van der Waals surface area contributed by atoms with Crippen LogP contribution in [0, 0.1) is 6.92 Å². The molecule has 148 valence electrons. The maximum absolute atomic E-state index is 12.6. The van der Waals surface area contributed by atoms with Gasteiger partial charge in [0.1, 0.15) is 0 Å². The van der Waals surface area contributed by atoms with Crippen molar-refractivity contribution >= 4 is 11.9 Å². The molecule has 2 aromatic carbocycles. The molecule has 1 saturated heterocycles. The van der Waals surface area contributed by atoms with Gasteiger partial charge in [0.2, 0.25) is 0 Å². The van der Waals surface area contributed by atoms with E-state index in [2.05, 4.69) is 16.7 Å². The van der Waals surface area contributed by atoms with Gasteiger partial charge in [-0.25, -0.2) is 4.79 Å². The van der Waals surface area contributed by atoms with Gasteiger partial charge in [-0.3, -0.25) is 4.79 Å². The monoisotopic (exact) mass is 379 g/mol. The molecule has 0 bridgehead atoms. The Labute approximate surface area is 167 Å². The molecule has 1 aliphatic heterocycles. The Balaban J connectivity index is 1.65. The van der Waals surface area contributed by atoms with Crippen LogP contribution in [0.25, 0.3) is 0 Å². The van der Waals surface area contributed by atoms with Crippen LogP contribution in [0.15, 0.2) is 48.5 Å². The molecular weight excluding hydrogens is 350 g/mol. The summed E-state index contributed by atoms with van der Waals surface area (Å²) in [5, 5.41) is 5.89. The van der Waals surface area contributed by atoms with Crippen molar-refractivity contribution in [3.05, 3.63) is 70.8 Å². The molecule has 1 heterocycles. The van der Waals surface area contributed by atoms with E-state index >= 15 is 0 Å². The van der Waals surface area contributed by atoms with E-state index in [4.69, 9.17) is 0 Å². The summed E-state index contributed by atoms with van der Waals surface area (Å²) >= 11 is 0. The zero-order chi connectivity index (χ0) is 19.9. The van der Waals surface area contributed by atoms with Gasteiger partial charge in [-0.05, 0) is 55.5 Å². The van der Waals surface area contributed by atoms with Crippen molar-refractivity contribution in [2.45, 2.75) is 39.2 Å². The molecule has 1 aliphatic rings. The number of nitrogens with zero attached hydrogens (tertiary/aromatic N) is 1. The zero-order valence-corrected chi connectivity index (χ0v) is 16.7. The summed E-state index contributed by atoms with van der Waals surface area (Å²) in [6.07, 6.45) is 2.01. The molecule has 3 rings (SSSR count). The van der Waals surface area contributed by atoms with E-state index in [0.717, 1.165) is 30.5 Å². The summed E-state index contributed by atoms with van der Waals surface area (Å²) in [5.41, 5.74) is 4.08. The summed E-state index contributed by atoms with van der Waals surface area (Å²) in [4.78, 5) is 26.7. The lowest BCUT2D eigenvalue weighted by Crippen LogP contribution is -2.44. The summed E-state index contributed by atoms with van der Waals surface area (Å²) in [5.74, 6) is 0.196. The number of hydrogen-bond donors (Lipinski definition) is 2. The van der Waals surface area contributed by atoms with Crippen LogP contribution in [0.4, 0.5) is 4.79 Å².